The Kier molecular flexibility index (Phi) is 10.4. The number of guanidine groups is 1. The molecule has 1 atom stereocenters. The largest absolute Gasteiger partial charge is 0.493 e. The Balaban J connectivity index is 0.00000450. The van der Waals surface area contributed by atoms with Gasteiger partial charge in [0, 0.05) is 19.8 Å². The fourth-order valence-corrected chi connectivity index (χ4v) is 3.82. The second-order valence-electron chi connectivity index (χ2n) is 6.76. The van der Waals surface area contributed by atoms with Gasteiger partial charge in [0.2, 0.25) is 0 Å². The molecule has 0 aliphatic heterocycles. The zero-order valence-electron chi connectivity index (χ0n) is 17.9. The van der Waals surface area contributed by atoms with Crippen molar-refractivity contribution in [3.8, 4) is 11.5 Å². The van der Waals surface area contributed by atoms with Crippen molar-refractivity contribution in [1.29, 1.82) is 0 Å². The van der Waals surface area contributed by atoms with Crippen molar-refractivity contribution in [2.24, 2.45) is 4.99 Å². The van der Waals surface area contributed by atoms with Crippen molar-refractivity contribution in [2.45, 2.75) is 31.4 Å². The zero-order chi connectivity index (χ0) is 21.4. The summed E-state index contributed by atoms with van der Waals surface area (Å²) in [5, 5.41) is 6.45. The third-order valence-electron chi connectivity index (χ3n) is 4.28. The number of nitrogens with zero attached hydrogens (tertiary/aromatic N) is 1. The summed E-state index contributed by atoms with van der Waals surface area (Å²) in [5.74, 6) is 2.01. The van der Waals surface area contributed by atoms with Crippen LogP contribution in [0.4, 0.5) is 0 Å². The lowest BCUT2D eigenvalue weighted by Gasteiger charge is -2.19. The minimum Gasteiger partial charge on any atom is -0.493 e. The monoisotopic (exact) mass is 547 g/mol. The first kappa shape index (κ1) is 26.0. The van der Waals surface area contributed by atoms with Crippen LogP contribution < -0.4 is 20.1 Å². The van der Waals surface area contributed by atoms with Crippen LogP contribution in [-0.2, 0) is 16.4 Å². The summed E-state index contributed by atoms with van der Waals surface area (Å²) >= 11 is 0. The number of rotatable bonds is 8. The minimum atomic E-state index is -3.21. The number of halogens is 1. The van der Waals surface area contributed by atoms with Gasteiger partial charge in [0.15, 0.2) is 27.3 Å². The first-order valence-electron chi connectivity index (χ1n) is 9.28. The predicted molar refractivity (Wildman–Crippen MR) is 131 cm³/mol. The SMILES string of the molecule is CN=C(NCc1ccc(S(C)(=O)=O)c(C)c1)NCC(C)Oc1ccccc1OC.I. The van der Waals surface area contributed by atoms with Crippen LogP contribution in [0.15, 0.2) is 52.4 Å². The minimum absolute atomic E-state index is 0. The summed E-state index contributed by atoms with van der Waals surface area (Å²) in [5.41, 5.74) is 1.70. The van der Waals surface area contributed by atoms with E-state index >= 15 is 0 Å². The van der Waals surface area contributed by atoms with Gasteiger partial charge in [0.25, 0.3) is 0 Å². The number of ether oxygens (including phenoxy) is 2. The average Bonchev–Trinajstić information content (AvgIpc) is 2.67. The number of aryl methyl sites for hydroxylation is 1. The van der Waals surface area contributed by atoms with Gasteiger partial charge in [-0.25, -0.2) is 8.42 Å². The molecule has 9 heteroatoms. The molecule has 0 amide bonds. The molecule has 2 N–H and O–H groups in total. The van der Waals surface area contributed by atoms with Crippen molar-refractivity contribution >= 4 is 39.8 Å². The Morgan fingerprint density at radius 2 is 1.80 bits per heavy atom. The van der Waals surface area contributed by atoms with Gasteiger partial charge < -0.3 is 20.1 Å². The van der Waals surface area contributed by atoms with E-state index in [4.69, 9.17) is 9.47 Å². The van der Waals surface area contributed by atoms with Gasteiger partial charge in [-0.3, -0.25) is 4.99 Å². The molecule has 7 nitrogen and oxygen atoms in total. The molecule has 2 rings (SSSR count). The normalized spacial score (nSPS) is 12.5. The first-order chi connectivity index (χ1) is 13.7. The molecule has 0 saturated carbocycles. The number of sulfone groups is 1. The first-order valence-corrected chi connectivity index (χ1v) is 11.2. The number of benzene rings is 2. The van der Waals surface area contributed by atoms with Crippen LogP contribution in [0.3, 0.4) is 0 Å². The van der Waals surface area contributed by atoms with Crippen LogP contribution in [0.2, 0.25) is 0 Å². The molecule has 30 heavy (non-hydrogen) atoms. The standard InChI is InChI=1S/C21H29N3O4S.HI/c1-15-12-17(10-11-20(15)29(5,25)26)14-24-21(22-3)23-13-16(2)28-19-9-7-6-8-18(19)27-4;/h6-12,16H,13-14H2,1-5H3,(H2,22,23,24);1H. The van der Waals surface area contributed by atoms with E-state index in [9.17, 15) is 8.42 Å². The predicted octanol–water partition coefficient (Wildman–Crippen LogP) is 3.16. The molecule has 166 valence electrons. The van der Waals surface area contributed by atoms with Crippen molar-refractivity contribution in [3.05, 3.63) is 53.6 Å². The second-order valence-corrected chi connectivity index (χ2v) is 8.74. The summed E-state index contributed by atoms with van der Waals surface area (Å²) in [6.07, 6.45) is 1.11. The third-order valence-corrected chi connectivity index (χ3v) is 5.53. The van der Waals surface area contributed by atoms with E-state index in [-0.39, 0.29) is 30.1 Å². The molecule has 2 aromatic carbocycles. The highest BCUT2D eigenvalue weighted by atomic mass is 127. The number of hydrogen-bond acceptors (Lipinski definition) is 5. The molecule has 0 heterocycles. The van der Waals surface area contributed by atoms with Crippen LogP contribution in [0, 0.1) is 6.92 Å². The molecule has 0 saturated heterocycles. The van der Waals surface area contributed by atoms with E-state index < -0.39 is 9.84 Å². The number of methoxy groups -OCH3 is 1. The highest BCUT2D eigenvalue weighted by Gasteiger charge is 2.12. The van der Waals surface area contributed by atoms with Gasteiger partial charge in [0.05, 0.1) is 18.6 Å². The quantitative estimate of drug-likeness (QED) is 0.300. The van der Waals surface area contributed by atoms with Gasteiger partial charge >= 0.3 is 0 Å². The maximum Gasteiger partial charge on any atom is 0.191 e. The van der Waals surface area contributed by atoms with E-state index in [2.05, 4.69) is 15.6 Å². The van der Waals surface area contributed by atoms with E-state index in [0.29, 0.717) is 35.4 Å². The summed E-state index contributed by atoms with van der Waals surface area (Å²) in [6, 6.07) is 12.8. The number of hydrogen-bond donors (Lipinski definition) is 2. The number of aliphatic imine (C=N–C) groups is 1. The summed E-state index contributed by atoms with van der Waals surface area (Å²) < 4.78 is 34.7. The third kappa shape index (κ3) is 7.67. The molecule has 0 radical (unpaired) electrons. The van der Waals surface area contributed by atoms with E-state index in [1.807, 2.05) is 37.3 Å². The summed E-state index contributed by atoms with van der Waals surface area (Å²) in [7, 11) is 0.0911. The van der Waals surface area contributed by atoms with Gasteiger partial charge in [-0.15, -0.1) is 24.0 Å². The van der Waals surface area contributed by atoms with Gasteiger partial charge in [-0.2, -0.15) is 0 Å². The molecule has 0 fully saturated rings. The maximum absolute atomic E-state index is 11.7. The lowest BCUT2D eigenvalue weighted by atomic mass is 10.1. The van der Waals surface area contributed by atoms with Gasteiger partial charge in [-0.05, 0) is 43.2 Å². The maximum atomic E-state index is 11.7. The van der Waals surface area contributed by atoms with Crippen LogP contribution in [0.25, 0.3) is 0 Å². The second kappa shape index (κ2) is 12.0. The topological polar surface area (TPSA) is 89.0 Å². The molecular formula is C21H30IN3O4S. The molecule has 0 bridgehead atoms. The Morgan fingerprint density at radius 3 is 2.37 bits per heavy atom. The Bertz CT molecular complexity index is 964. The van der Waals surface area contributed by atoms with Gasteiger partial charge in [-0.1, -0.05) is 24.3 Å². The highest BCUT2D eigenvalue weighted by molar-refractivity contribution is 14.0. The smallest absolute Gasteiger partial charge is 0.191 e. The lowest BCUT2D eigenvalue weighted by molar-refractivity contribution is 0.213. The zero-order valence-corrected chi connectivity index (χ0v) is 21.1. The molecule has 2 aromatic rings. The lowest BCUT2D eigenvalue weighted by Crippen LogP contribution is -2.41. The van der Waals surface area contributed by atoms with E-state index in [1.54, 1.807) is 33.2 Å². The van der Waals surface area contributed by atoms with E-state index in [0.717, 1.165) is 11.1 Å². The van der Waals surface area contributed by atoms with Crippen molar-refractivity contribution < 1.29 is 17.9 Å². The number of nitrogens with one attached hydrogen (secondary N) is 2. The van der Waals surface area contributed by atoms with Crippen LogP contribution >= 0.6 is 24.0 Å². The molecule has 0 aliphatic carbocycles. The highest BCUT2D eigenvalue weighted by Crippen LogP contribution is 2.26. The van der Waals surface area contributed by atoms with Crippen LogP contribution in [0.1, 0.15) is 18.1 Å². The van der Waals surface area contributed by atoms with Crippen molar-refractivity contribution in [3.63, 3.8) is 0 Å². The van der Waals surface area contributed by atoms with Crippen LogP contribution in [0.5, 0.6) is 11.5 Å². The molecule has 0 aliphatic rings. The fraction of sp³-hybridized carbons (Fsp3) is 0.381. The molecule has 1 unspecified atom stereocenters. The van der Waals surface area contributed by atoms with E-state index in [1.165, 1.54) is 6.26 Å². The summed E-state index contributed by atoms with van der Waals surface area (Å²) in [6.45, 7) is 4.82. The fourth-order valence-electron chi connectivity index (χ4n) is 2.86. The molecular weight excluding hydrogens is 517 g/mol. The number of para-hydroxylation sites is 2. The van der Waals surface area contributed by atoms with Crippen molar-refractivity contribution in [2.75, 3.05) is 27.0 Å². The molecule has 0 aromatic heterocycles. The van der Waals surface area contributed by atoms with Gasteiger partial charge in [0.1, 0.15) is 6.10 Å². The molecule has 0 spiro atoms. The van der Waals surface area contributed by atoms with Crippen LogP contribution in [-0.4, -0.2) is 47.4 Å². The summed E-state index contributed by atoms with van der Waals surface area (Å²) in [4.78, 5) is 4.57. The Labute approximate surface area is 196 Å². The Hall–Kier alpha value is -2.01. The average molecular weight is 547 g/mol. The van der Waals surface area contributed by atoms with Crippen molar-refractivity contribution in [1.82, 2.24) is 10.6 Å². The Morgan fingerprint density at radius 1 is 1.13 bits per heavy atom.